The highest BCUT2D eigenvalue weighted by atomic mass is 35.5. The average molecular weight is 420 g/mol. The Kier molecular flexibility index (Phi) is 6.63. The highest BCUT2D eigenvalue weighted by Gasteiger charge is 2.41. The number of rotatable bonds is 6. The lowest BCUT2D eigenvalue weighted by atomic mass is 10.2. The zero-order valence-electron chi connectivity index (χ0n) is 14.5. The summed E-state index contributed by atoms with van der Waals surface area (Å²) in [5.74, 6) is -2.18. The summed E-state index contributed by atoms with van der Waals surface area (Å²) in [6, 6.07) is 9.55. The maximum atomic E-state index is 13.6. The van der Waals surface area contributed by atoms with E-state index in [4.69, 9.17) is 0 Å². The van der Waals surface area contributed by atoms with Crippen LogP contribution in [-0.2, 0) is 10.2 Å². The molecule has 2 aromatic rings. The molecule has 27 heavy (non-hydrogen) atoms. The summed E-state index contributed by atoms with van der Waals surface area (Å²) in [6.07, 6.45) is -0.486. The van der Waals surface area contributed by atoms with E-state index < -0.39 is 27.9 Å². The van der Waals surface area contributed by atoms with Crippen LogP contribution in [0.2, 0.25) is 0 Å². The first-order chi connectivity index (χ1) is 12.4. The number of halogens is 3. The fourth-order valence-electron chi connectivity index (χ4n) is 2.92. The quantitative estimate of drug-likeness (QED) is 0.754. The maximum absolute atomic E-state index is 13.6. The van der Waals surface area contributed by atoms with Gasteiger partial charge in [-0.2, -0.15) is 8.42 Å². The average Bonchev–Trinajstić information content (AvgIpc) is 2.82. The van der Waals surface area contributed by atoms with Gasteiger partial charge in [0.25, 0.3) is 0 Å². The van der Waals surface area contributed by atoms with Crippen LogP contribution in [0.4, 0.5) is 25.8 Å². The van der Waals surface area contributed by atoms with Crippen LogP contribution in [0.15, 0.2) is 42.5 Å². The molecule has 2 aromatic carbocycles. The Balaban J connectivity index is 0.00000261. The molecule has 6 nitrogen and oxygen atoms in total. The minimum Gasteiger partial charge on any atom is -0.392 e. The Morgan fingerprint density at radius 3 is 2.41 bits per heavy atom. The van der Waals surface area contributed by atoms with Gasteiger partial charge in [0.1, 0.15) is 0 Å². The van der Waals surface area contributed by atoms with Gasteiger partial charge in [0.05, 0.1) is 23.2 Å². The van der Waals surface area contributed by atoms with E-state index >= 15 is 0 Å². The molecule has 1 aliphatic heterocycles. The topological polar surface area (TPSA) is 72.9 Å². The molecule has 0 radical (unpaired) electrons. The van der Waals surface area contributed by atoms with E-state index in [1.54, 1.807) is 31.3 Å². The van der Waals surface area contributed by atoms with Gasteiger partial charge in [-0.15, -0.1) is 12.4 Å². The molecular formula is C17H20ClF2N3O3S. The number of aliphatic hydroxyl groups excluding tert-OH is 1. The Bertz CT molecular complexity index is 914. The Labute approximate surface area is 163 Å². The van der Waals surface area contributed by atoms with Crippen molar-refractivity contribution in [3.63, 3.8) is 0 Å². The van der Waals surface area contributed by atoms with Gasteiger partial charge in [-0.1, -0.05) is 12.1 Å². The minimum absolute atomic E-state index is 0. The van der Waals surface area contributed by atoms with Crippen LogP contribution in [0, 0.1) is 11.6 Å². The summed E-state index contributed by atoms with van der Waals surface area (Å²) >= 11 is 0. The van der Waals surface area contributed by atoms with Gasteiger partial charge in [-0.25, -0.2) is 13.1 Å². The van der Waals surface area contributed by atoms with E-state index in [0.717, 1.165) is 16.4 Å². The molecule has 0 spiro atoms. The molecule has 0 unspecified atom stereocenters. The molecule has 0 amide bonds. The molecule has 0 saturated carbocycles. The molecule has 0 bridgehead atoms. The molecule has 0 aromatic heterocycles. The van der Waals surface area contributed by atoms with Crippen molar-refractivity contribution in [1.29, 1.82) is 0 Å². The van der Waals surface area contributed by atoms with Crippen molar-refractivity contribution < 1.29 is 22.3 Å². The van der Waals surface area contributed by atoms with Crippen molar-refractivity contribution in [3.05, 3.63) is 54.1 Å². The number of aliphatic hydroxyl groups is 1. The molecule has 3 rings (SSSR count). The number of hydrogen-bond donors (Lipinski definition) is 2. The third-order valence-electron chi connectivity index (χ3n) is 4.12. The van der Waals surface area contributed by atoms with Crippen molar-refractivity contribution >= 4 is 39.7 Å². The van der Waals surface area contributed by atoms with Crippen molar-refractivity contribution in [2.75, 3.05) is 28.7 Å². The van der Waals surface area contributed by atoms with E-state index in [1.165, 1.54) is 10.4 Å². The first-order valence-corrected chi connectivity index (χ1v) is 9.45. The molecule has 1 heterocycles. The lowest BCUT2D eigenvalue weighted by Crippen LogP contribution is -2.38. The summed E-state index contributed by atoms with van der Waals surface area (Å²) in [4.78, 5) is 0. The number of hydrogen-bond acceptors (Lipinski definition) is 4. The van der Waals surface area contributed by atoms with Crippen molar-refractivity contribution in [2.24, 2.45) is 0 Å². The first-order valence-electron chi connectivity index (χ1n) is 8.06. The zero-order valence-corrected chi connectivity index (χ0v) is 16.1. The molecule has 1 aliphatic rings. The standard InChI is InChI=1S/C17H19F2N3O3S.ClH/c1-20-11-13(23)8-9-21-16-4-2-3-5-17(16)22(26(21,24)25)12-6-7-14(18)15(19)10-12;/h2-7,10,13,20,23H,8-9,11H2,1H3;1H/t13-;/m1./s1. The van der Waals surface area contributed by atoms with Crippen LogP contribution in [-0.4, -0.2) is 39.8 Å². The lowest BCUT2D eigenvalue weighted by molar-refractivity contribution is 0.167. The summed E-state index contributed by atoms with van der Waals surface area (Å²) in [5.41, 5.74) is 0.783. The summed E-state index contributed by atoms with van der Waals surface area (Å²) < 4.78 is 55.2. The van der Waals surface area contributed by atoms with Crippen LogP contribution in [0.1, 0.15) is 6.42 Å². The second-order valence-electron chi connectivity index (χ2n) is 5.93. The third-order valence-corrected chi connectivity index (χ3v) is 5.93. The first kappa shape index (κ1) is 21.4. The fraction of sp³-hybridized carbons (Fsp3) is 0.294. The number of nitrogens with one attached hydrogen (secondary N) is 1. The lowest BCUT2D eigenvalue weighted by Gasteiger charge is -2.22. The van der Waals surface area contributed by atoms with Gasteiger partial charge in [-0.05, 0) is 37.7 Å². The smallest absolute Gasteiger partial charge is 0.330 e. The number of nitrogens with zero attached hydrogens (tertiary/aromatic N) is 2. The normalized spacial score (nSPS) is 16.0. The minimum atomic E-state index is -4.03. The second kappa shape index (κ2) is 8.39. The third kappa shape index (κ3) is 4.01. The predicted octanol–water partition coefficient (Wildman–Crippen LogP) is 2.56. The van der Waals surface area contributed by atoms with Gasteiger partial charge in [0, 0.05) is 19.2 Å². The molecule has 0 fully saturated rings. The zero-order chi connectivity index (χ0) is 18.9. The molecule has 2 N–H and O–H groups in total. The van der Waals surface area contributed by atoms with Crippen LogP contribution in [0.3, 0.4) is 0 Å². The van der Waals surface area contributed by atoms with Gasteiger partial charge in [0.2, 0.25) is 0 Å². The van der Waals surface area contributed by atoms with E-state index in [0.29, 0.717) is 17.9 Å². The molecule has 10 heteroatoms. The van der Waals surface area contributed by atoms with E-state index in [2.05, 4.69) is 5.32 Å². The Morgan fingerprint density at radius 1 is 1.11 bits per heavy atom. The number of fused-ring (bicyclic) bond motifs is 1. The number of likely N-dealkylation sites (N-methyl/N-ethyl adjacent to an activating group) is 1. The largest absolute Gasteiger partial charge is 0.392 e. The van der Waals surface area contributed by atoms with Gasteiger partial charge >= 0.3 is 10.2 Å². The maximum Gasteiger partial charge on any atom is 0.330 e. The summed E-state index contributed by atoms with van der Waals surface area (Å²) in [5, 5.41) is 12.7. The highest BCUT2D eigenvalue weighted by molar-refractivity contribution is 7.95. The number of anilines is 3. The summed E-state index contributed by atoms with van der Waals surface area (Å²) in [6.45, 7) is 0.394. The number of para-hydroxylation sites is 2. The second-order valence-corrected chi connectivity index (χ2v) is 7.63. The molecule has 148 valence electrons. The monoisotopic (exact) mass is 419 g/mol. The van der Waals surface area contributed by atoms with E-state index in [9.17, 15) is 22.3 Å². The molecule has 0 aliphatic carbocycles. The van der Waals surface area contributed by atoms with Crippen molar-refractivity contribution in [2.45, 2.75) is 12.5 Å². The van der Waals surface area contributed by atoms with Crippen molar-refractivity contribution in [3.8, 4) is 0 Å². The highest BCUT2D eigenvalue weighted by Crippen LogP contribution is 2.45. The molecule has 1 atom stereocenters. The van der Waals surface area contributed by atoms with Crippen LogP contribution in [0.25, 0.3) is 0 Å². The van der Waals surface area contributed by atoms with Crippen molar-refractivity contribution in [1.82, 2.24) is 5.32 Å². The van der Waals surface area contributed by atoms with Crippen LogP contribution < -0.4 is 13.9 Å². The van der Waals surface area contributed by atoms with Crippen LogP contribution >= 0.6 is 12.4 Å². The SMILES string of the molecule is CNC[C@H](O)CCN1c2ccccc2N(c2ccc(F)c(F)c2)S1(=O)=O.Cl. The Hall–Kier alpha value is -1.94. The predicted molar refractivity (Wildman–Crippen MR) is 103 cm³/mol. The van der Waals surface area contributed by atoms with E-state index in [-0.39, 0.29) is 31.1 Å². The van der Waals surface area contributed by atoms with Crippen LogP contribution in [0.5, 0.6) is 0 Å². The van der Waals surface area contributed by atoms with E-state index in [1.807, 2.05) is 0 Å². The Morgan fingerprint density at radius 2 is 1.78 bits per heavy atom. The number of benzene rings is 2. The van der Waals surface area contributed by atoms with Gasteiger partial charge in [-0.3, -0.25) is 4.31 Å². The summed E-state index contributed by atoms with van der Waals surface area (Å²) in [7, 11) is -2.34. The van der Waals surface area contributed by atoms with Gasteiger partial charge in [0.15, 0.2) is 11.6 Å². The molecule has 0 saturated heterocycles. The van der Waals surface area contributed by atoms with Gasteiger partial charge < -0.3 is 10.4 Å². The molecular weight excluding hydrogens is 400 g/mol. The fourth-order valence-corrected chi connectivity index (χ4v) is 4.64.